The molecule has 2 aliphatic heterocycles. The molecule has 1 saturated carbocycles. The van der Waals surface area contributed by atoms with E-state index in [0.29, 0.717) is 24.2 Å². The van der Waals surface area contributed by atoms with Crippen LogP contribution in [-0.2, 0) is 14.4 Å². The summed E-state index contributed by atoms with van der Waals surface area (Å²) in [5.74, 6) is -1.46. The van der Waals surface area contributed by atoms with Gasteiger partial charge in [0.15, 0.2) is 0 Å². The second kappa shape index (κ2) is 4.36. The largest absolute Gasteiger partial charge is 0.480 e. The highest BCUT2D eigenvalue weighted by molar-refractivity contribution is 6.19. The molecule has 0 unspecified atom stereocenters. The van der Waals surface area contributed by atoms with E-state index >= 15 is 0 Å². The second-order valence-electron chi connectivity index (χ2n) is 5.31. The Morgan fingerprint density at radius 3 is 2.53 bits per heavy atom. The molecule has 0 aromatic heterocycles. The summed E-state index contributed by atoms with van der Waals surface area (Å²) < 4.78 is 0. The molecule has 3 aliphatic rings. The molecule has 0 spiro atoms. The summed E-state index contributed by atoms with van der Waals surface area (Å²) in [5.41, 5.74) is 0.856. The number of aliphatic carboxylic acids is 1. The van der Waals surface area contributed by atoms with Gasteiger partial charge in [-0.2, -0.15) is 0 Å². The molecule has 102 valence electrons. The predicted octanol–water partition coefficient (Wildman–Crippen LogP) is 0.342. The van der Waals surface area contributed by atoms with Crippen LogP contribution in [0, 0.1) is 0 Å². The van der Waals surface area contributed by atoms with Crippen LogP contribution in [0.15, 0.2) is 11.3 Å². The van der Waals surface area contributed by atoms with Gasteiger partial charge in [0.25, 0.3) is 11.8 Å². The number of carbonyl (C=O) groups is 3. The normalized spacial score (nSPS) is 23.8. The zero-order chi connectivity index (χ0) is 13.6. The first-order valence-electron chi connectivity index (χ1n) is 6.67. The number of imide groups is 1. The molecule has 0 atom stereocenters. The monoisotopic (exact) mass is 264 g/mol. The third-order valence-electron chi connectivity index (χ3n) is 4.12. The molecular weight excluding hydrogens is 248 g/mol. The van der Waals surface area contributed by atoms with Gasteiger partial charge in [-0.05, 0) is 32.1 Å². The number of nitrogens with zero attached hydrogens (tertiary/aromatic N) is 2. The Bertz CT molecular complexity index is 493. The minimum atomic E-state index is -0.976. The Hall–Kier alpha value is -1.85. The Labute approximate surface area is 110 Å². The summed E-state index contributed by atoms with van der Waals surface area (Å²) >= 11 is 0. The van der Waals surface area contributed by atoms with Gasteiger partial charge in [-0.15, -0.1) is 0 Å². The lowest BCUT2D eigenvalue weighted by Gasteiger charge is -2.33. The topological polar surface area (TPSA) is 77.9 Å². The van der Waals surface area contributed by atoms with Crippen LogP contribution < -0.4 is 0 Å². The van der Waals surface area contributed by atoms with Crippen molar-refractivity contribution in [3.8, 4) is 0 Å². The van der Waals surface area contributed by atoms with E-state index in [0.717, 1.165) is 25.7 Å². The number of carbonyl (C=O) groups excluding carboxylic acids is 2. The van der Waals surface area contributed by atoms with Crippen molar-refractivity contribution < 1.29 is 19.5 Å². The molecule has 0 aromatic carbocycles. The highest BCUT2D eigenvalue weighted by Crippen LogP contribution is 2.36. The average Bonchev–Trinajstić information content (AvgIpc) is 2.53. The fourth-order valence-electron chi connectivity index (χ4n) is 2.99. The number of carboxylic acids is 1. The fraction of sp³-hybridized carbons (Fsp3) is 0.615. The first-order valence-corrected chi connectivity index (χ1v) is 6.67. The summed E-state index contributed by atoms with van der Waals surface area (Å²) in [6, 6.07) is 0.0253. The highest BCUT2D eigenvalue weighted by atomic mass is 16.4. The van der Waals surface area contributed by atoms with Gasteiger partial charge in [0.1, 0.15) is 12.2 Å². The minimum Gasteiger partial charge on any atom is -0.480 e. The summed E-state index contributed by atoms with van der Waals surface area (Å²) in [4.78, 5) is 38.4. The van der Waals surface area contributed by atoms with Crippen molar-refractivity contribution in [3.05, 3.63) is 11.3 Å². The van der Waals surface area contributed by atoms with E-state index < -0.39 is 5.97 Å². The summed E-state index contributed by atoms with van der Waals surface area (Å²) in [7, 11) is 0. The van der Waals surface area contributed by atoms with E-state index in [9.17, 15) is 14.4 Å². The Kier molecular flexibility index (Phi) is 2.80. The van der Waals surface area contributed by atoms with E-state index in [4.69, 9.17) is 5.11 Å². The number of hydrogen-bond donors (Lipinski definition) is 1. The molecule has 0 bridgehead atoms. The quantitative estimate of drug-likeness (QED) is 0.744. The van der Waals surface area contributed by atoms with E-state index in [1.807, 2.05) is 0 Å². The Balaban J connectivity index is 1.89. The van der Waals surface area contributed by atoms with Crippen molar-refractivity contribution in [2.24, 2.45) is 0 Å². The van der Waals surface area contributed by atoms with E-state index in [1.165, 1.54) is 4.90 Å². The van der Waals surface area contributed by atoms with E-state index in [1.54, 1.807) is 4.90 Å². The van der Waals surface area contributed by atoms with Gasteiger partial charge in [0, 0.05) is 18.2 Å². The molecule has 0 saturated heterocycles. The molecule has 0 radical (unpaired) electrons. The second-order valence-corrected chi connectivity index (χ2v) is 5.31. The van der Waals surface area contributed by atoms with E-state index in [-0.39, 0.29) is 24.4 Å². The van der Waals surface area contributed by atoms with Crippen LogP contribution >= 0.6 is 0 Å². The third kappa shape index (κ3) is 1.82. The SMILES string of the molecule is O=C(O)CN1CCCC2=C1C(=O)N(C1CCC1)C2=O. The maximum absolute atomic E-state index is 12.4. The minimum absolute atomic E-state index is 0.0253. The molecule has 6 heteroatoms. The molecule has 1 N–H and O–H groups in total. The standard InChI is InChI=1S/C13H16N2O4/c16-10(17)7-14-6-2-5-9-11(14)13(19)15(12(9)18)8-3-1-4-8/h8H,1-7H2,(H,16,17). The molecule has 0 aromatic rings. The number of carboxylic acid groups (broad SMARTS) is 1. The Morgan fingerprint density at radius 1 is 1.21 bits per heavy atom. The smallest absolute Gasteiger partial charge is 0.323 e. The van der Waals surface area contributed by atoms with Crippen molar-refractivity contribution in [2.45, 2.75) is 38.1 Å². The molecule has 2 heterocycles. The lowest BCUT2D eigenvalue weighted by atomic mass is 9.91. The van der Waals surface area contributed by atoms with Crippen molar-refractivity contribution in [3.63, 3.8) is 0 Å². The van der Waals surface area contributed by atoms with Crippen LogP contribution in [0.25, 0.3) is 0 Å². The van der Waals surface area contributed by atoms with Crippen molar-refractivity contribution in [1.82, 2.24) is 9.80 Å². The van der Waals surface area contributed by atoms with Crippen molar-refractivity contribution in [2.75, 3.05) is 13.1 Å². The zero-order valence-corrected chi connectivity index (χ0v) is 10.6. The first-order chi connectivity index (χ1) is 9.09. The Morgan fingerprint density at radius 2 is 1.95 bits per heavy atom. The van der Waals surface area contributed by atoms with Crippen LogP contribution in [0.1, 0.15) is 32.1 Å². The average molecular weight is 264 g/mol. The van der Waals surface area contributed by atoms with Crippen LogP contribution in [0.3, 0.4) is 0 Å². The van der Waals surface area contributed by atoms with Gasteiger partial charge in [0.05, 0.1) is 0 Å². The van der Waals surface area contributed by atoms with Gasteiger partial charge in [0.2, 0.25) is 0 Å². The molecule has 3 rings (SSSR count). The zero-order valence-electron chi connectivity index (χ0n) is 10.6. The highest BCUT2D eigenvalue weighted by Gasteiger charge is 2.46. The number of amides is 2. The van der Waals surface area contributed by atoms with Crippen molar-refractivity contribution >= 4 is 17.8 Å². The van der Waals surface area contributed by atoms with E-state index in [2.05, 4.69) is 0 Å². The summed E-state index contributed by atoms with van der Waals surface area (Å²) in [6.07, 6.45) is 4.10. The lowest BCUT2D eigenvalue weighted by Crippen LogP contribution is -2.46. The number of hydrogen-bond acceptors (Lipinski definition) is 4. The third-order valence-corrected chi connectivity index (χ3v) is 4.12. The summed E-state index contributed by atoms with van der Waals surface area (Å²) in [5, 5.41) is 8.90. The van der Waals surface area contributed by atoms with Gasteiger partial charge < -0.3 is 10.0 Å². The van der Waals surface area contributed by atoms with Crippen molar-refractivity contribution in [1.29, 1.82) is 0 Å². The maximum atomic E-state index is 12.4. The van der Waals surface area contributed by atoms with Gasteiger partial charge in [-0.25, -0.2) is 0 Å². The molecular formula is C13H16N2O4. The van der Waals surface area contributed by atoms with Crippen LogP contribution in [0.4, 0.5) is 0 Å². The van der Waals surface area contributed by atoms with Gasteiger partial charge in [-0.1, -0.05) is 0 Å². The fourth-order valence-corrected chi connectivity index (χ4v) is 2.99. The molecule has 6 nitrogen and oxygen atoms in total. The van der Waals surface area contributed by atoms with Crippen LogP contribution in [0.2, 0.25) is 0 Å². The molecule has 1 fully saturated rings. The van der Waals surface area contributed by atoms with Crippen LogP contribution in [0.5, 0.6) is 0 Å². The lowest BCUT2D eigenvalue weighted by molar-refractivity contribution is -0.142. The first kappa shape index (κ1) is 12.2. The maximum Gasteiger partial charge on any atom is 0.323 e. The molecule has 19 heavy (non-hydrogen) atoms. The van der Waals surface area contributed by atoms with Gasteiger partial charge >= 0.3 is 5.97 Å². The van der Waals surface area contributed by atoms with Crippen LogP contribution in [-0.4, -0.2) is 51.8 Å². The summed E-state index contributed by atoms with van der Waals surface area (Å²) in [6.45, 7) is 0.318. The molecule has 2 amide bonds. The molecule has 1 aliphatic carbocycles. The number of rotatable bonds is 3. The van der Waals surface area contributed by atoms with Gasteiger partial charge in [-0.3, -0.25) is 19.3 Å². The predicted molar refractivity (Wildman–Crippen MR) is 65.0 cm³/mol.